The maximum absolute atomic E-state index is 12.9. The summed E-state index contributed by atoms with van der Waals surface area (Å²) in [5.41, 5.74) is 1.11. The number of hydrogen-bond donors (Lipinski definition) is 1. The van der Waals surface area contributed by atoms with Crippen LogP contribution in [0.4, 0.5) is 10.5 Å². The van der Waals surface area contributed by atoms with Crippen molar-refractivity contribution in [2.24, 2.45) is 0 Å². The molecule has 8 heteroatoms. The van der Waals surface area contributed by atoms with E-state index in [0.29, 0.717) is 36.6 Å². The van der Waals surface area contributed by atoms with Crippen LogP contribution in [0.2, 0.25) is 0 Å². The van der Waals surface area contributed by atoms with Crippen LogP contribution in [0.1, 0.15) is 18.4 Å². The number of urea groups is 1. The predicted octanol–water partition coefficient (Wildman–Crippen LogP) is 3.54. The van der Waals surface area contributed by atoms with Gasteiger partial charge in [0.1, 0.15) is 5.75 Å². The summed E-state index contributed by atoms with van der Waals surface area (Å²) in [5.74, 6) is 1.56. The molecule has 0 atom stereocenters. The molecule has 31 heavy (non-hydrogen) atoms. The summed E-state index contributed by atoms with van der Waals surface area (Å²) in [5, 5.41) is 11.9. The number of amides is 3. The van der Waals surface area contributed by atoms with Gasteiger partial charge in [0.05, 0.1) is 16.5 Å². The van der Waals surface area contributed by atoms with Gasteiger partial charge < -0.3 is 19.9 Å². The van der Waals surface area contributed by atoms with Gasteiger partial charge in [0.15, 0.2) is 6.61 Å². The number of rotatable bonds is 4. The molecule has 0 aliphatic carbocycles. The second-order valence-electron chi connectivity index (χ2n) is 7.55. The molecule has 2 fully saturated rings. The van der Waals surface area contributed by atoms with E-state index in [1.165, 1.54) is 0 Å². The third-order valence-corrected chi connectivity index (χ3v) is 7.21. The summed E-state index contributed by atoms with van der Waals surface area (Å²) < 4.78 is 5.66. The van der Waals surface area contributed by atoms with Crippen LogP contribution >= 0.6 is 11.8 Å². The summed E-state index contributed by atoms with van der Waals surface area (Å²) in [6, 6.07) is 18.1. The Morgan fingerprint density at radius 2 is 1.87 bits per heavy atom. The van der Waals surface area contributed by atoms with Crippen LogP contribution in [0.5, 0.6) is 5.75 Å². The highest BCUT2D eigenvalue weighted by atomic mass is 32.2. The molecule has 0 saturated carbocycles. The van der Waals surface area contributed by atoms with Gasteiger partial charge in [0.2, 0.25) is 0 Å². The number of carbonyl (C=O) groups excluding carboxylic acids is 2. The fraction of sp³-hybridized carbons (Fsp3) is 0.348. The Balaban J connectivity index is 1.33. The van der Waals surface area contributed by atoms with Crippen LogP contribution in [0.3, 0.4) is 0 Å². The standard InChI is InChI=1S/C23H24N4O3S/c24-16-18-5-4-6-19(15-18)25-22(29)26-11-9-23(10-12-26)27(13-14-31-23)21(28)17-30-20-7-2-1-3-8-20/h1-8,15H,9-14,17H2,(H,25,29). The molecule has 2 heterocycles. The second kappa shape index (κ2) is 9.31. The van der Waals surface area contributed by atoms with Crippen LogP contribution < -0.4 is 10.1 Å². The highest BCUT2D eigenvalue weighted by molar-refractivity contribution is 8.00. The van der Waals surface area contributed by atoms with Crippen LogP contribution in [0.15, 0.2) is 54.6 Å². The molecule has 3 amide bonds. The van der Waals surface area contributed by atoms with Crippen molar-refractivity contribution >= 4 is 29.4 Å². The molecule has 2 aliphatic rings. The number of nitrogens with one attached hydrogen (secondary N) is 1. The number of hydrogen-bond acceptors (Lipinski definition) is 5. The average molecular weight is 437 g/mol. The van der Waals surface area contributed by atoms with Gasteiger partial charge in [-0.3, -0.25) is 4.79 Å². The first kappa shape index (κ1) is 21.1. The zero-order valence-electron chi connectivity index (χ0n) is 17.1. The van der Waals surface area contributed by atoms with E-state index >= 15 is 0 Å². The first-order chi connectivity index (χ1) is 15.1. The minimum Gasteiger partial charge on any atom is -0.484 e. The van der Waals surface area contributed by atoms with E-state index in [-0.39, 0.29) is 23.4 Å². The molecular formula is C23H24N4O3S. The molecular weight excluding hydrogens is 412 g/mol. The fourth-order valence-electron chi connectivity index (χ4n) is 4.04. The molecule has 160 valence electrons. The van der Waals surface area contributed by atoms with Crippen LogP contribution in [0.25, 0.3) is 0 Å². The Kier molecular flexibility index (Phi) is 6.33. The number of likely N-dealkylation sites (tertiary alicyclic amines) is 1. The fourth-order valence-corrected chi connectivity index (χ4v) is 5.52. The highest BCUT2D eigenvalue weighted by Crippen LogP contribution is 2.44. The molecule has 4 rings (SSSR count). The van der Waals surface area contributed by atoms with Gasteiger partial charge in [-0.25, -0.2) is 4.79 Å². The van der Waals surface area contributed by atoms with E-state index in [1.54, 1.807) is 40.9 Å². The Morgan fingerprint density at radius 1 is 1.10 bits per heavy atom. The number of nitrogens with zero attached hydrogens (tertiary/aromatic N) is 3. The number of carbonyl (C=O) groups is 2. The number of para-hydroxylation sites is 1. The summed E-state index contributed by atoms with van der Waals surface area (Å²) in [4.78, 5) is 29.0. The molecule has 0 aromatic heterocycles. The van der Waals surface area contributed by atoms with E-state index in [2.05, 4.69) is 11.4 Å². The summed E-state index contributed by atoms with van der Waals surface area (Å²) in [6.45, 7) is 1.86. The molecule has 2 aliphatic heterocycles. The average Bonchev–Trinajstić information content (AvgIpc) is 3.21. The van der Waals surface area contributed by atoms with Crippen molar-refractivity contribution in [3.05, 3.63) is 60.2 Å². The van der Waals surface area contributed by atoms with Crippen LogP contribution in [-0.2, 0) is 4.79 Å². The number of benzene rings is 2. The molecule has 0 radical (unpaired) electrons. The Labute approximate surface area is 186 Å². The summed E-state index contributed by atoms with van der Waals surface area (Å²) in [7, 11) is 0. The zero-order valence-corrected chi connectivity index (χ0v) is 17.9. The van der Waals surface area contributed by atoms with Gasteiger partial charge >= 0.3 is 6.03 Å². The summed E-state index contributed by atoms with van der Waals surface area (Å²) >= 11 is 1.80. The Morgan fingerprint density at radius 3 is 2.61 bits per heavy atom. The zero-order chi connectivity index (χ0) is 21.7. The smallest absolute Gasteiger partial charge is 0.321 e. The van der Waals surface area contributed by atoms with Crippen LogP contribution in [-0.4, -0.2) is 58.6 Å². The summed E-state index contributed by atoms with van der Waals surface area (Å²) in [6.07, 6.45) is 1.45. The van der Waals surface area contributed by atoms with E-state index < -0.39 is 0 Å². The normalized spacial score (nSPS) is 17.3. The van der Waals surface area contributed by atoms with Crippen molar-refractivity contribution in [2.45, 2.75) is 17.7 Å². The third kappa shape index (κ3) is 4.78. The predicted molar refractivity (Wildman–Crippen MR) is 120 cm³/mol. The maximum Gasteiger partial charge on any atom is 0.321 e. The molecule has 0 bridgehead atoms. The molecule has 2 aromatic carbocycles. The van der Waals surface area contributed by atoms with Crippen molar-refractivity contribution < 1.29 is 14.3 Å². The molecule has 2 aromatic rings. The van der Waals surface area contributed by atoms with Gasteiger partial charge in [0.25, 0.3) is 5.91 Å². The third-order valence-electron chi connectivity index (χ3n) is 5.66. The van der Waals surface area contributed by atoms with Gasteiger partial charge in [-0.15, -0.1) is 11.8 Å². The van der Waals surface area contributed by atoms with E-state index in [0.717, 1.165) is 18.6 Å². The van der Waals surface area contributed by atoms with E-state index in [1.807, 2.05) is 35.2 Å². The monoisotopic (exact) mass is 436 g/mol. The van der Waals surface area contributed by atoms with Crippen molar-refractivity contribution in [3.8, 4) is 11.8 Å². The van der Waals surface area contributed by atoms with Crippen molar-refractivity contribution in [1.29, 1.82) is 5.26 Å². The Bertz CT molecular complexity index is 984. The highest BCUT2D eigenvalue weighted by Gasteiger charge is 2.46. The van der Waals surface area contributed by atoms with Crippen molar-refractivity contribution in [1.82, 2.24) is 9.80 Å². The minimum atomic E-state index is -0.269. The van der Waals surface area contributed by atoms with Gasteiger partial charge in [0, 0.05) is 31.1 Å². The number of ether oxygens (including phenoxy) is 1. The quantitative estimate of drug-likeness (QED) is 0.792. The second-order valence-corrected chi connectivity index (χ2v) is 9.01. The number of nitriles is 1. The van der Waals surface area contributed by atoms with Gasteiger partial charge in [-0.1, -0.05) is 24.3 Å². The lowest BCUT2D eigenvalue weighted by atomic mass is 10.0. The first-order valence-electron chi connectivity index (χ1n) is 10.3. The Hall–Kier alpha value is -3.18. The topological polar surface area (TPSA) is 85.7 Å². The lowest BCUT2D eigenvalue weighted by Crippen LogP contribution is -2.55. The molecule has 2 saturated heterocycles. The molecule has 1 spiro atoms. The van der Waals surface area contributed by atoms with Crippen LogP contribution in [0, 0.1) is 11.3 Å². The van der Waals surface area contributed by atoms with Gasteiger partial charge in [-0.05, 0) is 43.2 Å². The SMILES string of the molecule is N#Cc1cccc(NC(=O)N2CCC3(CC2)SCCN3C(=O)COc2ccccc2)c1. The number of thioether (sulfide) groups is 1. The maximum atomic E-state index is 12.9. The first-order valence-corrected chi connectivity index (χ1v) is 11.3. The lowest BCUT2D eigenvalue weighted by molar-refractivity contribution is -0.136. The largest absolute Gasteiger partial charge is 0.484 e. The van der Waals surface area contributed by atoms with Gasteiger partial charge in [-0.2, -0.15) is 5.26 Å². The van der Waals surface area contributed by atoms with Crippen molar-refractivity contribution in [2.75, 3.05) is 37.3 Å². The number of piperidine rings is 1. The van der Waals surface area contributed by atoms with E-state index in [4.69, 9.17) is 10.00 Å². The lowest BCUT2D eigenvalue weighted by Gasteiger charge is -2.43. The number of anilines is 1. The molecule has 7 nitrogen and oxygen atoms in total. The van der Waals surface area contributed by atoms with E-state index in [9.17, 15) is 9.59 Å². The minimum absolute atomic E-state index is 0.0138. The molecule has 0 unspecified atom stereocenters. The molecule has 1 N–H and O–H groups in total. The van der Waals surface area contributed by atoms with Crippen molar-refractivity contribution in [3.63, 3.8) is 0 Å².